The first-order valence-corrected chi connectivity index (χ1v) is 7.31. The molecule has 0 radical (unpaired) electrons. The number of halogens is 1. The number of carboxylic acid groups (broad SMARTS) is 1. The third kappa shape index (κ3) is 3.54. The second kappa shape index (κ2) is 5.88. The van der Waals surface area contributed by atoms with Gasteiger partial charge in [-0.1, -0.05) is 18.2 Å². The summed E-state index contributed by atoms with van der Waals surface area (Å²) in [5.74, 6) is -2.09. The summed E-state index contributed by atoms with van der Waals surface area (Å²) in [6, 6.07) is 8.24. The van der Waals surface area contributed by atoms with Crippen LogP contribution in [-0.4, -0.2) is 24.5 Å². The molecule has 0 atom stereocenters. The van der Waals surface area contributed by atoms with Gasteiger partial charge in [0, 0.05) is 6.20 Å². The maximum absolute atomic E-state index is 13.5. The standard InChI is InChI=1S/C13H11FN2O4S/c14-10-5-3-7-15-13(10)21(19,20)16-11-6-2-1-4-9(11)8-12(17)18/h1-7,16H,8H2,(H,17,18). The van der Waals surface area contributed by atoms with E-state index in [1.54, 1.807) is 6.07 Å². The highest BCUT2D eigenvalue weighted by molar-refractivity contribution is 7.92. The number of aliphatic carboxylic acids is 1. The summed E-state index contributed by atoms with van der Waals surface area (Å²) in [4.78, 5) is 14.3. The van der Waals surface area contributed by atoms with Gasteiger partial charge in [-0.3, -0.25) is 9.52 Å². The lowest BCUT2D eigenvalue weighted by Crippen LogP contribution is -2.17. The highest BCUT2D eigenvalue weighted by atomic mass is 32.2. The summed E-state index contributed by atoms with van der Waals surface area (Å²) < 4.78 is 39.9. The molecule has 0 unspecified atom stereocenters. The van der Waals surface area contributed by atoms with Crippen molar-refractivity contribution in [2.24, 2.45) is 0 Å². The lowest BCUT2D eigenvalue weighted by Gasteiger charge is -2.11. The van der Waals surface area contributed by atoms with Crippen molar-refractivity contribution in [3.8, 4) is 0 Å². The fourth-order valence-corrected chi connectivity index (χ4v) is 2.81. The van der Waals surface area contributed by atoms with Gasteiger partial charge >= 0.3 is 5.97 Å². The van der Waals surface area contributed by atoms with Crippen LogP contribution >= 0.6 is 0 Å². The Morgan fingerprint density at radius 3 is 2.62 bits per heavy atom. The van der Waals surface area contributed by atoms with Crippen LogP contribution in [0.1, 0.15) is 5.56 Å². The molecule has 0 bridgehead atoms. The van der Waals surface area contributed by atoms with Gasteiger partial charge < -0.3 is 5.11 Å². The van der Waals surface area contributed by atoms with Crippen LogP contribution in [-0.2, 0) is 21.2 Å². The molecule has 6 nitrogen and oxygen atoms in total. The first-order valence-electron chi connectivity index (χ1n) is 5.83. The normalized spacial score (nSPS) is 11.1. The molecular formula is C13H11FN2O4S. The van der Waals surface area contributed by atoms with E-state index in [1.807, 2.05) is 0 Å². The molecule has 21 heavy (non-hydrogen) atoms. The number of nitrogens with one attached hydrogen (secondary N) is 1. The number of anilines is 1. The van der Waals surface area contributed by atoms with E-state index < -0.39 is 26.8 Å². The summed E-state index contributed by atoms with van der Waals surface area (Å²) in [5.41, 5.74) is 0.342. The van der Waals surface area contributed by atoms with Gasteiger partial charge in [0.25, 0.3) is 10.0 Å². The summed E-state index contributed by atoms with van der Waals surface area (Å²) in [5, 5.41) is 8.06. The quantitative estimate of drug-likeness (QED) is 0.875. The minimum atomic E-state index is -4.23. The molecule has 0 amide bonds. The van der Waals surface area contributed by atoms with Gasteiger partial charge in [-0.15, -0.1) is 0 Å². The number of carbonyl (C=O) groups is 1. The monoisotopic (exact) mass is 310 g/mol. The van der Waals surface area contributed by atoms with Crippen LogP contribution in [0.4, 0.5) is 10.1 Å². The van der Waals surface area contributed by atoms with Crippen molar-refractivity contribution >= 4 is 21.7 Å². The van der Waals surface area contributed by atoms with Crippen molar-refractivity contribution in [2.75, 3.05) is 4.72 Å². The number of rotatable bonds is 5. The van der Waals surface area contributed by atoms with E-state index in [0.29, 0.717) is 0 Å². The van der Waals surface area contributed by atoms with Crippen molar-refractivity contribution in [3.05, 3.63) is 54.0 Å². The average Bonchev–Trinajstić information content (AvgIpc) is 2.40. The smallest absolute Gasteiger partial charge is 0.307 e. The highest BCUT2D eigenvalue weighted by Crippen LogP contribution is 2.20. The maximum Gasteiger partial charge on any atom is 0.307 e. The maximum atomic E-state index is 13.5. The third-order valence-electron chi connectivity index (χ3n) is 2.58. The Hall–Kier alpha value is -2.48. The van der Waals surface area contributed by atoms with E-state index in [1.165, 1.54) is 24.3 Å². The predicted molar refractivity (Wildman–Crippen MR) is 72.8 cm³/mol. The first kappa shape index (κ1) is 14.9. The summed E-state index contributed by atoms with van der Waals surface area (Å²) in [7, 11) is -4.23. The predicted octanol–water partition coefficient (Wildman–Crippen LogP) is 1.65. The van der Waals surface area contributed by atoms with Gasteiger partial charge in [-0.2, -0.15) is 8.42 Å². The van der Waals surface area contributed by atoms with Crippen molar-refractivity contribution in [3.63, 3.8) is 0 Å². The van der Waals surface area contributed by atoms with Gasteiger partial charge in [0.2, 0.25) is 5.03 Å². The van der Waals surface area contributed by atoms with Crippen molar-refractivity contribution < 1.29 is 22.7 Å². The van der Waals surface area contributed by atoms with E-state index in [4.69, 9.17) is 5.11 Å². The Kier molecular flexibility index (Phi) is 4.18. The van der Waals surface area contributed by atoms with Crippen LogP contribution in [0.5, 0.6) is 0 Å². The third-order valence-corrected chi connectivity index (χ3v) is 3.88. The molecule has 2 rings (SSSR count). The van der Waals surface area contributed by atoms with E-state index >= 15 is 0 Å². The Morgan fingerprint density at radius 1 is 1.24 bits per heavy atom. The number of hydrogen-bond acceptors (Lipinski definition) is 4. The number of pyridine rings is 1. The highest BCUT2D eigenvalue weighted by Gasteiger charge is 2.21. The second-order valence-electron chi connectivity index (χ2n) is 4.12. The molecule has 0 saturated carbocycles. The van der Waals surface area contributed by atoms with E-state index in [9.17, 15) is 17.6 Å². The number of aromatic nitrogens is 1. The first-order chi connectivity index (χ1) is 9.90. The van der Waals surface area contributed by atoms with Crippen LogP contribution in [0.15, 0.2) is 47.6 Å². The van der Waals surface area contributed by atoms with Crippen LogP contribution in [0, 0.1) is 5.82 Å². The molecule has 1 aromatic carbocycles. The van der Waals surface area contributed by atoms with E-state index in [-0.39, 0.29) is 17.7 Å². The molecule has 0 aliphatic heterocycles. The second-order valence-corrected chi connectivity index (χ2v) is 5.72. The molecule has 0 aliphatic carbocycles. The van der Waals surface area contributed by atoms with Crippen molar-refractivity contribution in [1.29, 1.82) is 0 Å². The Bertz CT molecular complexity index is 777. The van der Waals surface area contributed by atoms with Gasteiger partial charge in [-0.05, 0) is 23.8 Å². The zero-order valence-corrected chi connectivity index (χ0v) is 11.5. The molecule has 0 fully saturated rings. The van der Waals surface area contributed by atoms with E-state index in [0.717, 1.165) is 12.3 Å². The molecule has 2 aromatic rings. The summed E-state index contributed by atoms with van der Waals surface area (Å²) in [6.07, 6.45) is 0.796. The van der Waals surface area contributed by atoms with E-state index in [2.05, 4.69) is 9.71 Å². The number of para-hydroxylation sites is 1. The van der Waals surface area contributed by atoms with Crippen LogP contribution in [0.2, 0.25) is 0 Å². The van der Waals surface area contributed by atoms with Gasteiger partial charge in [0.1, 0.15) is 0 Å². The molecule has 2 N–H and O–H groups in total. The topological polar surface area (TPSA) is 96.4 Å². The van der Waals surface area contributed by atoms with Crippen LogP contribution < -0.4 is 4.72 Å². The average molecular weight is 310 g/mol. The largest absolute Gasteiger partial charge is 0.481 e. The zero-order valence-electron chi connectivity index (χ0n) is 10.7. The lowest BCUT2D eigenvalue weighted by molar-refractivity contribution is -0.136. The fourth-order valence-electron chi connectivity index (χ4n) is 1.70. The van der Waals surface area contributed by atoms with Crippen molar-refractivity contribution in [2.45, 2.75) is 11.4 Å². The lowest BCUT2D eigenvalue weighted by atomic mass is 10.1. The Labute approximate surface area is 120 Å². The number of carboxylic acids is 1. The molecule has 1 heterocycles. The number of benzene rings is 1. The van der Waals surface area contributed by atoms with Crippen LogP contribution in [0.25, 0.3) is 0 Å². The molecule has 0 aliphatic rings. The fraction of sp³-hybridized carbons (Fsp3) is 0.0769. The molecule has 110 valence electrons. The molecule has 0 saturated heterocycles. The molecule has 1 aromatic heterocycles. The summed E-state index contributed by atoms with van der Waals surface area (Å²) in [6.45, 7) is 0. The Balaban J connectivity index is 2.38. The minimum absolute atomic E-state index is 0.0740. The van der Waals surface area contributed by atoms with Crippen molar-refractivity contribution in [1.82, 2.24) is 4.98 Å². The van der Waals surface area contributed by atoms with Gasteiger partial charge in [-0.25, -0.2) is 9.37 Å². The van der Waals surface area contributed by atoms with Gasteiger partial charge in [0.15, 0.2) is 5.82 Å². The molecule has 8 heteroatoms. The number of hydrogen-bond donors (Lipinski definition) is 2. The Morgan fingerprint density at radius 2 is 1.95 bits per heavy atom. The number of nitrogens with zero attached hydrogens (tertiary/aromatic N) is 1. The zero-order chi connectivity index (χ0) is 15.5. The van der Waals surface area contributed by atoms with Gasteiger partial charge in [0.05, 0.1) is 12.1 Å². The number of sulfonamides is 1. The summed E-state index contributed by atoms with van der Waals surface area (Å²) >= 11 is 0. The van der Waals surface area contributed by atoms with Crippen LogP contribution in [0.3, 0.4) is 0 Å². The minimum Gasteiger partial charge on any atom is -0.481 e. The SMILES string of the molecule is O=C(O)Cc1ccccc1NS(=O)(=O)c1ncccc1F. The molecular weight excluding hydrogens is 299 g/mol. The molecule has 0 spiro atoms.